The lowest BCUT2D eigenvalue weighted by atomic mass is 10.2. The molecule has 0 radical (unpaired) electrons. The van der Waals surface area contributed by atoms with Crippen LogP contribution in [-0.4, -0.2) is 68.2 Å². The van der Waals surface area contributed by atoms with Crippen LogP contribution in [0.15, 0.2) is 17.5 Å². The second-order valence-corrected chi connectivity index (χ2v) is 6.09. The van der Waals surface area contributed by atoms with E-state index >= 15 is 0 Å². The average Bonchev–Trinajstić information content (AvgIpc) is 2.98. The molecule has 2 N–H and O–H groups in total. The molecule has 1 fully saturated rings. The fourth-order valence-corrected chi connectivity index (χ4v) is 3.10. The van der Waals surface area contributed by atoms with E-state index in [1.54, 1.807) is 18.4 Å². The molecule has 1 aliphatic rings. The molecule has 2 heterocycles. The first-order chi connectivity index (χ1) is 9.70. The fraction of sp³-hybridized carbons (Fsp3) is 0.643. The molecule has 0 aromatic carbocycles. The van der Waals surface area contributed by atoms with Crippen LogP contribution < -0.4 is 5.73 Å². The summed E-state index contributed by atoms with van der Waals surface area (Å²) in [7, 11) is 1.57. The Morgan fingerprint density at radius 1 is 1.45 bits per heavy atom. The zero-order chi connectivity index (χ0) is 14.4. The first kappa shape index (κ1) is 15.4. The highest BCUT2D eigenvalue weighted by molar-refractivity contribution is 7.09. The lowest BCUT2D eigenvalue weighted by molar-refractivity contribution is -0.135. The van der Waals surface area contributed by atoms with Gasteiger partial charge < -0.3 is 15.4 Å². The largest absolute Gasteiger partial charge is 0.383 e. The molecular weight excluding hydrogens is 274 g/mol. The van der Waals surface area contributed by atoms with Gasteiger partial charge >= 0.3 is 0 Å². The molecule has 1 aromatic rings. The molecule has 1 amide bonds. The second-order valence-electron chi connectivity index (χ2n) is 5.06. The maximum Gasteiger partial charge on any atom is 0.241 e. The number of ether oxygens (including phenoxy) is 1. The number of rotatable bonds is 6. The monoisotopic (exact) mass is 297 g/mol. The number of hydrogen-bond acceptors (Lipinski definition) is 5. The van der Waals surface area contributed by atoms with E-state index in [0.717, 1.165) is 39.1 Å². The minimum Gasteiger partial charge on any atom is -0.383 e. The number of nitrogens with zero attached hydrogens (tertiary/aromatic N) is 2. The molecule has 2 rings (SSSR count). The molecule has 1 saturated heterocycles. The molecule has 20 heavy (non-hydrogen) atoms. The van der Waals surface area contributed by atoms with Gasteiger partial charge in [0.05, 0.1) is 6.61 Å². The van der Waals surface area contributed by atoms with Crippen LogP contribution in [-0.2, 0) is 16.0 Å². The van der Waals surface area contributed by atoms with Crippen LogP contribution in [0.1, 0.15) is 4.88 Å². The van der Waals surface area contributed by atoms with Crippen LogP contribution in [0.25, 0.3) is 0 Å². The van der Waals surface area contributed by atoms with Gasteiger partial charge in [-0.3, -0.25) is 9.69 Å². The van der Waals surface area contributed by atoms with Gasteiger partial charge in [0, 0.05) is 44.7 Å². The van der Waals surface area contributed by atoms with Gasteiger partial charge in [0.15, 0.2) is 0 Å². The lowest BCUT2D eigenvalue weighted by Gasteiger charge is -2.35. The van der Waals surface area contributed by atoms with E-state index in [4.69, 9.17) is 10.5 Å². The summed E-state index contributed by atoms with van der Waals surface area (Å²) in [6.07, 6.45) is 1.09. The van der Waals surface area contributed by atoms with Crippen molar-refractivity contribution in [1.29, 1.82) is 0 Å². The molecule has 1 aromatic heterocycles. The van der Waals surface area contributed by atoms with E-state index in [9.17, 15) is 4.79 Å². The normalized spacial score (nSPS) is 18.2. The minimum absolute atomic E-state index is 0.00440. The summed E-state index contributed by atoms with van der Waals surface area (Å²) >= 11 is 1.80. The highest BCUT2D eigenvalue weighted by Crippen LogP contribution is 2.11. The van der Waals surface area contributed by atoms with E-state index < -0.39 is 6.04 Å². The number of piperazine rings is 1. The highest BCUT2D eigenvalue weighted by Gasteiger charge is 2.24. The number of thiophene rings is 1. The first-order valence-electron chi connectivity index (χ1n) is 6.98. The third-order valence-electron chi connectivity index (χ3n) is 3.60. The third-order valence-corrected chi connectivity index (χ3v) is 4.54. The molecule has 0 saturated carbocycles. The molecule has 6 heteroatoms. The minimum atomic E-state index is -0.530. The smallest absolute Gasteiger partial charge is 0.241 e. The van der Waals surface area contributed by atoms with Crippen LogP contribution in [0.4, 0.5) is 0 Å². The van der Waals surface area contributed by atoms with Crippen molar-refractivity contribution >= 4 is 17.2 Å². The van der Waals surface area contributed by atoms with Gasteiger partial charge in [0.1, 0.15) is 6.04 Å². The van der Waals surface area contributed by atoms with Gasteiger partial charge in [-0.25, -0.2) is 0 Å². The number of carbonyl (C=O) groups is 1. The van der Waals surface area contributed by atoms with Gasteiger partial charge in [0.2, 0.25) is 5.91 Å². The summed E-state index contributed by atoms with van der Waals surface area (Å²) in [5.74, 6) is 0.00440. The van der Waals surface area contributed by atoms with Gasteiger partial charge in [-0.15, -0.1) is 11.3 Å². The zero-order valence-corrected chi connectivity index (χ0v) is 12.8. The van der Waals surface area contributed by atoms with Crippen molar-refractivity contribution in [3.05, 3.63) is 22.4 Å². The van der Waals surface area contributed by atoms with Crippen LogP contribution in [0.2, 0.25) is 0 Å². The highest BCUT2D eigenvalue weighted by atomic mass is 32.1. The SMILES string of the molecule is COCC(N)C(=O)N1CCN(CCc2cccs2)CC1. The average molecular weight is 297 g/mol. The van der Waals surface area contributed by atoms with Gasteiger partial charge in [-0.2, -0.15) is 0 Å². The Kier molecular flexibility index (Phi) is 5.97. The maximum absolute atomic E-state index is 12.0. The van der Waals surface area contributed by atoms with Crippen LogP contribution in [0, 0.1) is 0 Å². The van der Waals surface area contributed by atoms with Crippen LogP contribution in [0.3, 0.4) is 0 Å². The van der Waals surface area contributed by atoms with Crippen LogP contribution >= 0.6 is 11.3 Å². The molecule has 1 aliphatic heterocycles. The standard InChI is InChI=1S/C14H23N3O2S/c1-19-11-13(15)14(18)17-8-6-16(7-9-17)5-4-12-3-2-10-20-12/h2-3,10,13H,4-9,11,15H2,1H3. The Hall–Kier alpha value is -0.950. The fourth-order valence-electron chi connectivity index (χ4n) is 2.40. The molecular formula is C14H23N3O2S. The Morgan fingerprint density at radius 2 is 2.20 bits per heavy atom. The van der Waals surface area contributed by atoms with Crippen molar-refractivity contribution in [2.75, 3.05) is 46.4 Å². The molecule has 5 nitrogen and oxygen atoms in total. The first-order valence-corrected chi connectivity index (χ1v) is 7.86. The van der Waals surface area contributed by atoms with Crippen molar-refractivity contribution in [3.8, 4) is 0 Å². The van der Waals surface area contributed by atoms with E-state index in [1.807, 2.05) is 4.90 Å². The number of carbonyl (C=O) groups excluding carboxylic acids is 1. The summed E-state index contributed by atoms with van der Waals surface area (Å²) < 4.78 is 4.93. The number of methoxy groups -OCH3 is 1. The van der Waals surface area contributed by atoms with Crippen LogP contribution in [0.5, 0.6) is 0 Å². The summed E-state index contributed by atoms with van der Waals surface area (Å²) in [4.78, 5) is 17.7. The number of nitrogens with two attached hydrogens (primary N) is 1. The second kappa shape index (κ2) is 7.73. The van der Waals surface area contributed by atoms with Gasteiger partial charge in [0.25, 0.3) is 0 Å². The maximum atomic E-state index is 12.0. The number of hydrogen-bond donors (Lipinski definition) is 1. The topological polar surface area (TPSA) is 58.8 Å². The van der Waals surface area contributed by atoms with E-state index in [-0.39, 0.29) is 12.5 Å². The Morgan fingerprint density at radius 3 is 2.80 bits per heavy atom. The summed E-state index contributed by atoms with van der Waals surface area (Å²) in [5, 5.41) is 2.11. The Labute approximate surface area is 124 Å². The van der Waals surface area contributed by atoms with Crippen molar-refractivity contribution < 1.29 is 9.53 Å². The Bertz CT molecular complexity index is 403. The summed E-state index contributed by atoms with van der Waals surface area (Å²) in [5.41, 5.74) is 5.79. The predicted octanol–water partition coefficient (Wildman–Crippen LogP) is 0.409. The van der Waals surface area contributed by atoms with Crippen molar-refractivity contribution in [2.24, 2.45) is 5.73 Å². The molecule has 0 spiro atoms. The van der Waals surface area contributed by atoms with Gasteiger partial charge in [-0.05, 0) is 17.9 Å². The van der Waals surface area contributed by atoms with E-state index in [0.29, 0.717) is 0 Å². The molecule has 1 atom stereocenters. The molecule has 0 bridgehead atoms. The van der Waals surface area contributed by atoms with Crippen molar-refractivity contribution in [3.63, 3.8) is 0 Å². The summed E-state index contributed by atoms with van der Waals surface area (Å²) in [6, 6.07) is 3.74. The van der Waals surface area contributed by atoms with Crippen molar-refractivity contribution in [1.82, 2.24) is 9.80 Å². The predicted molar refractivity (Wildman–Crippen MR) is 80.9 cm³/mol. The van der Waals surface area contributed by atoms with E-state index in [2.05, 4.69) is 22.4 Å². The molecule has 0 aliphatic carbocycles. The third kappa shape index (κ3) is 4.28. The zero-order valence-electron chi connectivity index (χ0n) is 12.0. The molecule has 112 valence electrons. The molecule has 1 unspecified atom stereocenters. The van der Waals surface area contributed by atoms with E-state index in [1.165, 1.54) is 4.88 Å². The number of amides is 1. The Balaban J connectivity index is 1.70. The van der Waals surface area contributed by atoms with Crippen molar-refractivity contribution in [2.45, 2.75) is 12.5 Å². The van der Waals surface area contributed by atoms with Gasteiger partial charge in [-0.1, -0.05) is 6.07 Å². The summed E-state index contributed by atoms with van der Waals surface area (Å²) in [6.45, 7) is 4.74. The lowest BCUT2D eigenvalue weighted by Crippen LogP contribution is -2.54. The quantitative estimate of drug-likeness (QED) is 0.826.